The molecular weight excluding hydrogens is 1170 g/mol. The van der Waals surface area contributed by atoms with Crippen LogP contribution >= 0.6 is 0 Å². The lowest BCUT2D eigenvalue weighted by atomic mass is 10.1. The van der Waals surface area contributed by atoms with Gasteiger partial charge in [0.2, 0.25) is 0 Å². The van der Waals surface area contributed by atoms with Crippen LogP contribution in [-0.4, -0.2) is 67.5 Å². The minimum atomic E-state index is -3.36. The lowest BCUT2D eigenvalue weighted by Gasteiger charge is -2.20. The van der Waals surface area contributed by atoms with E-state index in [2.05, 4.69) is 10.6 Å². The summed E-state index contributed by atoms with van der Waals surface area (Å²) in [5.74, 6) is -1.93. The van der Waals surface area contributed by atoms with Crippen LogP contribution < -0.4 is 50.3 Å². The number of hydrogen-bond acceptors (Lipinski definition) is 10. The summed E-state index contributed by atoms with van der Waals surface area (Å²) in [6, 6.07) is 5.44. The molecule has 10 rings (SSSR count). The molecular formula is C85H105N5O5. The Morgan fingerprint density at radius 2 is 0.621 bits per heavy atom. The van der Waals surface area contributed by atoms with Crippen LogP contribution in [0.2, 0.25) is 0 Å². The van der Waals surface area contributed by atoms with E-state index >= 15 is 0 Å². The molecule has 500 valence electrons. The second kappa shape index (κ2) is 44.6. The molecule has 5 N–H and O–H groups in total. The van der Waals surface area contributed by atoms with Gasteiger partial charge in [0.25, 0.3) is 0 Å². The fraction of sp³-hybridized carbons (Fsp3) is 0.294. The summed E-state index contributed by atoms with van der Waals surface area (Å²) in [6.45, 7) is -14.6. The minimum Gasteiger partial charge on any atom is -0.485 e. The molecule has 0 aliphatic rings. The number of benzene rings is 10. The van der Waals surface area contributed by atoms with E-state index in [0.29, 0.717) is 0 Å². The topological polar surface area (TPSA) is 106 Å². The van der Waals surface area contributed by atoms with Crippen molar-refractivity contribution >= 4 is 0 Å². The van der Waals surface area contributed by atoms with Crippen LogP contribution in [0.15, 0.2) is 272 Å². The maximum absolute atomic E-state index is 8.84. The number of rotatable bonds is 30. The normalized spacial score (nSPS) is 23.3. The van der Waals surface area contributed by atoms with Crippen molar-refractivity contribution < 1.29 is 103 Å². The van der Waals surface area contributed by atoms with Crippen molar-refractivity contribution in [3.05, 3.63) is 328 Å². The molecule has 0 heterocycles. The SMILES string of the molecule is [2H]c1c([2H])c([2H])c(C(CCNC([2H])([2H])[2H])Oc2c([2H])c([2H])c([2H])c([2H])c2C)c([2H])c1[2H].[2H]c1c([2H])c([2H])c(C(Oc2c([2H])c([2H])c([2H])c([2H])c2C)C([2H])([2H])CNC([2H])([2H])[2H])c([2H])c1[2H].[2H]c1c([2H])c([2H])c(OC([2H])(CC([2H])([2H])NC([2H])([2H])[2H])c2ccccc2)c(C)c1[2H].[2H]c1c([2H])c([2H])c(OC([2H])(c2ccccc2)C([2H])([2H])C([2H])([2H])NC([2H])([2H])[2H])c(C)c1[2H].[2H]c1c([2H])c([2H])c(OC([2H])(c2ccccc2)C([2H])([2H])CNC([2H])([2H])[2H])c(C)c1[2H]. The number of para-hydroxylation sites is 5. The summed E-state index contributed by atoms with van der Waals surface area (Å²) >= 11 is 0. The summed E-state index contributed by atoms with van der Waals surface area (Å²) in [7, 11) is 0. The van der Waals surface area contributed by atoms with Gasteiger partial charge in [0, 0.05) is 66.2 Å². The lowest BCUT2D eigenvalue weighted by molar-refractivity contribution is 0.193. The van der Waals surface area contributed by atoms with Crippen LogP contribution in [0.25, 0.3) is 0 Å². The molecule has 95 heavy (non-hydrogen) atoms. The molecule has 10 aromatic carbocycles. The van der Waals surface area contributed by atoms with Gasteiger partial charge in [0.15, 0.2) is 0 Å². The zero-order chi connectivity index (χ0) is 118. The fourth-order valence-corrected chi connectivity index (χ4v) is 7.26. The largest absolute Gasteiger partial charge is 0.485 e. The summed E-state index contributed by atoms with van der Waals surface area (Å²) in [5.41, 5.74) is -0.842. The smallest absolute Gasteiger partial charge is 0.125 e. The van der Waals surface area contributed by atoms with E-state index in [-0.39, 0.29) is 98.4 Å². The van der Waals surface area contributed by atoms with E-state index < -0.39 is 297 Å². The van der Waals surface area contributed by atoms with Crippen LogP contribution in [0.3, 0.4) is 0 Å². The molecule has 0 aliphatic carbocycles. The highest BCUT2D eigenvalue weighted by Gasteiger charge is 2.18. The van der Waals surface area contributed by atoms with Crippen LogP contribution in [0.4, 0.5) is 0 Å². The molecule has 0 spiro atoms. The highest BCUT2D eigenvalue weighted by atomic mass is 16.5. The van der Waals surface area contributed by atoms with Gasteiger partial charge in [-0.2, -0.15) is 0 Å². The Labute approximate surface area is 651 Å². The monoisotopic (exact) mass is 1330 g/mol. The van der Waals surface area contributed by atoms with Crippen molar-refractivity contribution in [3.63, 3.8) is 0 Å². The molecule has 0 saturated heterocycles. The Kier molecular flexibility index (Phi) is 13.1. The zero-order valence-corrected chi connectivity index (χ0v) is 51.9. The van der Waals surface area contributed by atoms with E-state index in [1.165, 1.54) is 83.1 Å². The number of hydrogen-bond donors (Lipinski definition) is 5. The number of ether oxygens (including phenoxy) is 5. The first-order valence-electron chi connectivity index (χ1n) is 57.3. The molecule has 0 fully saturated rings. The molecule has 0 amide bonds. The second-order valence-electron chi connectivity index (χ2n) is 18.6. The third-order valence-corrected chi connectivity index (χ3v) is 11.9. The average Bonchev–Trinajstić information content (AvgIpc) is 0.723. The van der Waals surface area contributed by atoms with Gasteiger partial charge in [-0.15, -0.1) is 0 Å². The van der Waals surface area contributed by atoms with Crippen molar-refractivity contribution in [2.75, 3.05) is 67.5 Å². The van der Waals surface area contributed by atoms with Crippen LogP contribution in [0, 0.1) is 34.6 Å². The summed E-state index contributed by atoms with van der Waals surface area (Å²) in [5, 5.41) is 9.72. The first kappa shape index (κ1) is 28.0. The standard InChI is InChI=1S/5C17H21NO/c5*1-14-8-6-7-11-16(14)19-17(12-13-18-2)15-9-4-3-5-10-15/h5*3-11,17-18H,12-13H2,1-2H3/i2D3,3D,4D,5D,6D,7D,8D,9D,10D,11D,12D2;2D3,3D,4D,5D,6D,7D,8D,9D,10D,11D;2D3,6D,7D,8D,11D,12D2,13D2,17D;2D3,6D,7D,8D,11D,13D2,17D;2D3,6D,7D,8D,11D,12D2,17D. The van der Waals surface area contributed by atoms with Gasteiger partial charge < -0.3 is 50.3 Å². The van der Waals surface area contributed by atoms with Gasteiger partial charge in [-0.1, -0.05) is 242 Å². The van der Waals surface area contributed by atoms with Crippen molar-refractivity contribution in [2.45, 2.75) is 97.0 Å². The molecule has 0 bridgehead atoms. The van der Waals surface area contributed by atoms with Crippen molar-refractivity contribution in [1.82, 2.24) is 26.6 Å². The molecule has 0 radical (unpaired) electrons. The highest BCUT2D eigenvalue weighted by molar-refractivity contribution is 5.37. The van der Waals surface area contributed by atoms with Crippen molar-refractivity contribution in [2.24, 2.45) is 0 Å². The number of nitrogens with one attached hydrogen (secondary N) is 5. The first-order valence-corrected chi connectivity index (χ1v) is 28.3. The predicted octanol–water partition coefficient (Wildman–Crippen LogP) is 18.6. The van der Waals surface area contributed by atoms with Crippen LogP contribution in [-0.2, 0) is 0 Å². The molecule has 10 aromatic rings. The Morgan fingerprint density at radius 1 is 0.305 bits per heavy atom. The van der Waals surface area contributed by atoms with Gasteiger partial charge >= 0.3 is 0 Å². The molecule has 0 aromatic heterocycles. The van der Waals surface area contributed by atoms with E-state index in [4.69, 9.17) is 103 Å². The third-order valence-electron chi connectivity index (χ3n) is 11.9. The first-order chi connectivity index (χ1) is 69.4. The molecule has 5 atom stereocenters. The summed E-state index contributed by atoms with van der Waals surface area (Å²) in [6.07, 6.45) is -20.5. The Morgan fingerprint density at radius 3 is 1.04 bits per heavy atom. The Bertz CT molecular complexity index is 6430. The van der Waals surface area contributed by atoms with E-state index in [0.717, 1.165) is 0 Å². The van der Waals surface area contributed by atoms with E-state index in [9.17, 15) is 0 Å². The van der Waals surface area contributed by atoms with Gasteiger partial charge in [-0.3, -0.25) is 0 Å². The van der Waals surface area contributed by atoms with Gasteiger partial charge in [-0.05, 0) is 188 Å². The van der Waals surface area contributed by atoms with Crippen LogP contribution in [0.5, 0.6) is 28.7 Å². The zero-order valence-electron chi connectivity index (χ0n) is 110. The molecule has 10 heteroatoms. The molecule has 0 aliphatic heterocycles. The molecule has 10 nitrogen and oxygen atoms in total. The highest BCUT2D eigenvalue weighted by Crippen LogP contribution is 2.32. The Hall–Kier alpha value is -9.00. The molecule has 5 unspecified atom stereocenters. The average molecular weight is 1340 g/mol. The fourth-order valence-electron chi connectivity index (χ4n) is 7.26. The summed E-state index contributed by atoms with van der Waals surface area (Å²) in [4.78, 5) is 0. The van der Waals surface area contributed by atoms with Gasteiger partial charge in [0.1, 0.15) is 59.2 Å². The van der Waals surface area contributed by atoms with Gasteiger partial charge in [-0.25, -0.2) is 0 Å². The lowest BCUT2D eigenvalue weighted by Crippen LogP contribution is -2.16. The van der Waals surface area contributed by atoms with Crippen molar-refractivity contribution in [1.29, 1.82) is 0 Å². The van der Waals surface area contributed by atoms with Crippen molar-refractivity contribution in [3.8, 4) is 28.7 Å². The van der Waals surface area contributed by atoms with E-state index in [1.807, 2.05) is 10.6 Å². The maximum Gasteiger partial charge on any atom is 0.125 e. The second-order valence-corrected chi connectivity index (χ2v) is 18.6. The summed E-state index contributed by atoms with van der Waals surface area (Å²) < 4.78 is 484. The van der Waals surface area contributed by atoms with Crippen LogP contribution in [0.1, 0.15) is 198 Å². The minimum absolute atomic E-state index is 0.0168. The quantitative estimate of drug-likeness (QED) is 0.0299. The maximum atomic E-state index is 8.84. The van der Waals surface area contributed by atoms with Gasteiger partial charge in [0.05, 0.1) is 45.2 Å². The van der Waals surface area contributed by atoms with E-state index in [1.54, 1.807) is 47.8 Å². The Balaban J connectivity index is 0.000000292. The third kappa shape index (κ3) is 27.5. The predicted molar refractivity (Wildman–Crippen MR) is 398 cm³/mol. The molecule has 0 saturated carbocycles.